The summed E-state index contributed by atoms with van der Waals surface area (Å²) in [7, 11) is 0. The monoisotopic (exact) mass is 263 g/mol. The number of ether oxygens (including phenoxy) is 1. The number of non-ortho nitro benzene ring substituents is 1. The molecule has 8 heteroatoms. The number of carbonyl (C=O) groups excluding carboxylic acids is 1. The first kappa shape index (κ1) is 15.3. The van der Waals surface area contributed by atoms with Crippen LogP contribution in [0.3, 0.4) is 0 Å². The molecule has 2 N–H and O–H groups in total. The van der Waals surface area contributed by atoms with Gasteiger partial charge in [0.1, 0.15) is 5.75 Å². The lowest BCUT2D eigenvalue weighted by Crippen LogP contribution is -1.96. The van der Waals surface area contributed by atoms with E-state index in [1.54, 1.807) is 0 Å². The maximum absolute atomic E-state index is 10.2. The summed E-state index contributed by atoms with van der Waals surface area (Å²) in [5.74, 6) is 0.172. The number of aliphatic hydroxyl groups excluding tert-OH is 2. The molecule has 0 spiro atoms. The van der Waals surface area contributed by atoms with Crippen LogP contribution in [0.15, 0.2) is 24.3 Å². The van der Waals surface area contributed by atoms with Crippen LogP contribution in [0.5, 0.6) is 5.75 Å². The van der Waals surface area contributed by atoms with Crippen molar-refractivity contribution >= 4 is 22.7 Å². The lowest BCUT2D eigenvalue weighted by molar-refractivity contribution is -0.384. The second kappa shape index (κ2) is 8.45. The van der Waals surface area contributed by atoms with E-state index in [9.17, 15) is 14.9 Å². The van der Waals surface area contributed by atoms with Crippen molar-refractivity contribution in [1.82, 2.24) is 0 Å². The smallest absolute Gasteiger partial charge is 0.409 e. The van der Waals surface area contributed by atoms with Crippen LogP contribution in [-0.4, -0.2) is 33.8 Å². The van der Waals surface area contributed by atoms with Gasteiger partial charge in [-0.1, -0.05) is 0 Å². The molecule has 0 aliphatic rings. The molecule has 0 atom stereocenters. The fourth-order valence-corrected chi connectivity index (χ4v) is 0.818. The van der Waals surface area contributed by atoms with Gasteiger partial charge in [-0.05, 0) is 12.1 Å². The van der Waals surface area contributed by atoms with Crippen molar-refractivity contribution in [2.45, 2.75) is 0 Å². The van der Waals surface area contributed by atoms with Gasteiger partial charge < -0.3 is 14.9 Å². The standard InChI is InChI=1S/C7H4ClNO4.C2H6O2/c8-7(10)13-6-3-1-5(2-4-6)9(11)12;3-1-2-4/h1-4H;3-4H,1-2H2. The molecule has 94 valence electrons. The molecule has 0 aliphatic carbocycles. The van der Waals surface area contributed by atoms with Crippen LogP contribution < -0.4 is 4.74 Å². The Morgan fingerprint density at radius 1 is 1.29 bits per heavy atom. The summed E-state index contributed by atoms with van der Waals surface area (Å²) in [6.07, 6.45) is 0. The third kappa shape index (κ3) is 7.23. The number of hydrogen-bond acceptors (Lipinski definition) is 6. The van der Waals surface area contributed by atoms with Crippen molar-refractivity contribution in [2.24, 2.45) is 0 Å². The fraction of sp³-hybridized carbons (Fsp3) is 0.222. The number of nitro groups is 1. The summed E-state index contributed by atoms with van der Waals surface area (Å²) in [5, 5.41) is 25.5. The number of rotatable bonds is 3. The van der Waals surface area contributed by atoms with Gasteiger partial charge in [0.15, 0.2) is 0 Å². The molecule has 0 radical (unpaired) electrons. The Balaban J connectivity index is 0.000000557. The second-order valence-electron chi connectivity index (χ2n) is 2.54. The molecule has 0 aromatic heterocycles. The van der Waals surface area contributed by atoms with Gasteiger partial charge in [-0.15, -0.1) is 0 Å². The van der Waals surface area contributed by atoms with Crippen molar-refractivity contribution in [3.05, 3.63) is 34.4 Å². The fourth-order valence-electron chi connectivity index (χ4n) is 0.729. The van der Waals surface area contributed by atoms with Gasteiger partial charge in [0, 0.05) is 23.7 Å². The highest BCUT2D eigenvalue weighted by molar-refractivity contribution is 6.61. The van der Waals surface area contributed by atoms with Crippen molar-refractivity contribution in [3.8, 4) is 5.75 Å². The molecule has 0 fully saturated rings. The minimum atomic E-state index is -0.978. The van der Waals surface area contributed by atoms with Crippen LogP contribution in [-0.2, 0) is 0 Å². The molecule has 0 aliphatic heterocycles. The number of carbonyl (C=O) groups is 1. The quantitative estimate of drug-likeness (QED) is 0.483. The zero-order chi connectivity index (χ0) is 13.3. The Morgan fingerprint density at radius 3 is 2.06 bits per heavy atom. The van der Waals surface area contributed by atoms with Crippen LogP contribution in [0, 0.1) is 10.1 Å². The minimum Gasteiger partial charge on any atom is -0.414 e. The largest absolute Gasteiger partial charge is 0.414 e. The van der Waals surface area contributed by atoms with Gasteiger partial charge in [0.05, 0.1) is 18.1 Å². The van der Waals surface area contributed by atoms with Gasteiger partial charge in [0.2, 0.25) is 0 Å². The van der Waals surface area contributed by atoms with Crippen molar-refractivity contribution in [2.75, 3.05) is 13.2 Å². The molecule has 0 bridgehead atoms. The Bertz CT molecular complexity index is 364. The molecule has 0 unspecified atom stereocenters. The summed E-state index contributed by atoms with van der Waals surface area (Å²) in [6, 6.07) is 5.02. The molecule has 7 nitrogen and oxygen atoms in total. The molecular weight excluding hydrogens is 254 g/mol. The molecule has 0 heterocycles. The van der Waals surface area contributed by atoms with Crippen LogP contribution in [0.25, 0.3) is 0 Å². The SMILES string of the molecule is O=C(Cl)Oc1ccc([N+](=O)[O-])cc1.OCCO. The highest BCUT2D eigenvalue weighted by atomic mass is 35.5. The molecule has 1 aromatic carbocycles. The first-order chi connectivity index (χ1) is 8.01. The average Bonchev–Trinajstić information content (AvgIpc) is 2.29. The highest BCUT2D eigenvalue weighted by Crippen LogP contribution is 2.17. The summed E-state index contributed by atoms with van der Waals surface area (Å²) in [6.45, 7) is -0.250. The van der Waals surface area contributed by atoms with Crippen LogP contribution in [0.4, 0.5) is 10.5 Å². The second-order valence-corrected chi connectivity index (χ2v) is 2.85. The Kier molecular flexibility index (Phi) is 7.61. The van der Waals surface area contributed by atoms with Crippen LogP contribution in [0.1, 0.15) is 0 Å². The van der Waals surface area contributed by atoms with E-state index in [0.717, 1.165) is 0 Å². The topological polar surface area (TPSA) is 110 Å². The summed E-state index contributed by atoms with van der Waals surface area (Å²) < 4.78 is 4.45. The zero-order valence-electron chi connectivity index (χ0n) is 8.58. The number of hydrogen-bond donors (Lipinski definition) is 2. The number of aliphatic hydroxyl groups is 2. The summed E-state index contributed by atoms with van der Waals surface area (Å²) in [4.78, 5) is 19.9. The number of nitrogens with zero attached hydrogens (tertiary/aromatic N) is 1. The lowest BCUT2D eigenvalue weighted by Gasteiger charge is -1.97. The van der Waals surface area contributed by atoms with E-state index in [1.807, 2.05) is 0 Å². The predicted octanol–water partition coefficient (Wildman–Crippen LogP) is 1.30. The number of halogens is 1. The lowest BCUT2D eigenvalue weighted by atomic mass is 10.3. The van der Waals surface area contributed by atoms with Crippen molar-refractivity contribution < 1.29 is 24.7 Å². The Labute approximate surface area is 101 Å². The Morgan fingerprint density at radius 2 is 1.76 bits per heavy atom. The van der Waals surface area contributed by atoms with E-state index in [4.69, 9.17) is 21.8 Å². The molecule has 1 aromatic rings. The third-order valence-corrected chi connectivity index (χ3v) is 1.42. The number of benzene rings is 1. The highest BCUT2D eigenvalue weighted by Gasteiger charge is 2.05. The van der Waals surface area contributed by atoms with E-state index in [2.05, 4.69) is 4.74 Å². The van der Waals surface area contributed by atoms with E-state index in [-0.39, 0.29) is 24.7 Å². The van der Waals surface area contributed by atoms with Gasteiger partial charge in [-0.2, -0.15) is 0 Å². The van der Waals surface area contributed by atoms with Gasteiger partial charge >= 0.3 is 5.43 Å². The van der Waals surface area contributed by atoms with E-state index >= 15 is 0 Å². The maximum Gasteiger partial charge on any atom is 0.409 e. The molecule has 0 saturated heterocycles. The van der Waals surface area contributed by atoms with Gasteiger partial charge in [-0.25, -0.2) is 4.79 Å². The molecule has 0 saturated carbocycles. The molecule has 1 rings (SSSR count). The van der Waals surface area contributed by atoms with E-state index in [0.29, 0.717) is 0 Å². The van der Waals surface area contributed by atoms with Crippen LogP contribution >= 0.6 is 11.6 Å². The first-order valence-electron chi connectivity index (χ1n) is 4.34. The van der Waals surface area contributed by atoms with Gasteiger partial charge in [-0.3, -0.25) is 10.1 Å². The van der Waals surface area contributed by atoms with Crippen molar-refractivity contribution in [3.63, 3.8) is 0 Å². The molecule has 17 heavy (non-hydrogen) atoms. The first-order valence-corrected chi connectivity index (χ1v) is 4.72. The minimum absolute atomic E-state index is 0.0747. The number of nitro benzene ring substituents is 1. The zero-order valence-corrected chi connectivity index (χ0v) is 9.33. The van der Waals surface area contributed by atoms with Crippen LogP contribution in [0.2, 0.25) is 0 Å². The predicted molar refractivity (Wildman–Crippen MR) is 59.1 cm³/mol. The third-order valence-electron chi connectivity index (χ3n) is 1.35. The van der Waals surface area contributed by atoms with E-state index < -0.39 is 10.4 Å². The van der Waals surface area contributed by atoms with E-state index in [1.165, 1.54) is 24.3 Å². The Hall–Kier alpha value is -1.70. The summed E-state index contributed by atoms with van der Waals surface area (Å²) in [5.41, 5.74) is -1.05. The average molecular weight is 264 g/mol. The molecular formula is C9H10ClNO6. The molecule has 0 amide bonds. The van der Waals surface area contributed by atoms with Gasteiger partial charge in [0.25, 0.3) is 5.69 Å². The summed E-state index contributed by atoms with van der Waals surface area (Å²) >= 11 is 4.92. The van der Waals surface area contributed by atoms with Crippen molar-refractivity contribution in [1.29, 1.82) is 0 Å². The normalized spacial score (nSPS) is 8.88. The maximum atomic E-state index is 10.2.